The van der Waals surface area contributed by atoms with Crippen molar-refractivity contribution in [3.8, 4) is 0 Å². The highest BCUT2D eigenvalue weighted by atomic mass is 32.1. The molecule has 21 heavy (non-hydrogen) atoms. The maximum absolute atomic E-state index is 12.2. The lowest BCUT2D eigenvalue weighted by molar-refractivity contribution is -0.124. The van der Waals surface area contributed by atoms with Gasteiger partial charge in [-0.1, -0.05) is 19.9 Å². The van der Waals surface area contributed by atoms with Crippen LogP contribution in [0.4, 0.5) is 0 Å². The SMILES string of the molecule is CC(C)C(NC(=O)c1cccs1)C(=O)NCc1ccco1. The molecule has 2 aromatic rings. The summed E-state index contributed by atoms with van der Waals surface area (Å²) in [6, 6.07) is 6.52. The molecule has 2 aromatic heterocycles. The zero-order valence-corrected chi connectivity index (χ0v) is 12.8. The lowest BCUT2D eigenvalue weighted by Gasteiger charge is -2.21. The highest BCUT2D eigenvalue weighted by Crippen LogP contribution is 2.10. The molecule has 0 bridgehead atoms. The zero-order chi connectivity index (χ0) is 15.2. The summed E-state index contributed by atoms with van der Waals surface area (Å²) in [5.41, 5.74) is 0. The minimum Gasteiger partial charge on any atom is -0.467 e. The highest BCUT2D eigenvalue weighted by molar-refractivity contribution is 7.12. The van der Waals surface area contributed by atoms with Crippen LogP contribution in [0.25, 0.3) is 0 Å². The predicted molar refractivity (Wildman–Crippen MR) is 81.0 cm³/mol. The number of thiophene rings is 1. The van der Waals surface area contributed by atoms with Crippen LogP contribution in [0.5, 0.6) is 0 Å². The fourth-order valence-corrected chi connectivity index (χ4v) is 2.48. The van der Waals surface area contributed by atoms with Crippen LogP contribution >= 0.6 is 11.3 Å². The standard InChI is InChI=1S/C15H18N2O3S/c1-10(2)13(17-14(18)12-6-4-8-21-12)15(19)16-9-11-5-3-7-20-11/h3-8,10,13H,9H2,1-2H3,(H,16,19)(H,17,18). The second-order valence-electron chi connectivity index (χ2n) is 4.97. The molecule has 0 saturated heterocycles. The van der Waals surface area contributed by atoms with Crippen molar-refractivity contribution in [2.45, 2.75) is 26.4 Å². The highest BCUT2D eigenvalue weighted by Gasteiger charge is 2.24. The van der Waals surface area contributed by atoms with E-state index < -0.39 is 6.04 Å². The Kier molecular flexibility index (Phi) is 5.16. The molecule has 2 heterocycles. The van der Waals surface area contributed by atoms with E-state index in [2.05, 4.69) is 10.6 Å². The number of carbonyl (C=O) groups is 2. The molecule has 0 aromatic carbocycles. The lowest BCUT2D eigenvalue weighted by atomic mass is 10.0. The summed E-state index contributed by atoms with van der Waals surface area (Å²) in [7, 11) is 0. The number of rotatable bonds is 6. The van der Waals surface area contributed by atoms with Gasteiger partial charge in [0.1, 0.15) is 11.8 Å². The average molecular weight is 306 g/mol. The molecule has 2 N–H and O–H groups in total. The van der Waals surface area contributed by atoms with Crippen LogP contribution in [0.15, 0.2) is 40.3 Å². The normalized spacial score (nSPS) is 12.1. The number of carbonyl (C=O) groups excluding carboxylic acids is 2. The van der Waals surface area contributed by atoms with Gasteiger partial charge in [0, 0.05) is 0 Å². The van der Waals surface area contributed by atoms with E-state index in [0.717, 1.165) is 0 Å². The van der Waals surface area contributed by atoms with E-state index in [0.29, 0.717) is 17.2 Å². The van der Waals surface area contributed by atoms with E-state index in [1.165, 1.54) is 11.3 Å². The number of hydrogen-bond acceptors (Lipinski definition) is 4. The van der Waals surface area contributed by atoms with Gasteiger partial charge in [0.2, 0.25) is 5.91 Å². The molecule has 6 heteroatoms. The molecule has 2 rings (SSSR count). The van der Waals surface area contributed by atoms with Gasteiger partial charge in [-0.15, -0.1) is 11.3 Å². The summed E-state index contributed by atoms with van der Waals surface area (Å²) in [6.45, 7) is 4.10. The third kappa shape index (κ3) is 4.19. The number of amides is 2. The van der Waals surface area contributed by atoms with Gasteiger partial charge >= 0.3 is 0 Å². The molecule has 0 aliphatic carbocycles. The summed E-state index contributed by atoms with van der Waals surface area (Å²) in [5, 5.41) is 7.38. The van der Waals surface area contributed by atoms with Crippen LogP contribution in [0.1, 0.15) is 29.3 Å². The predicted octanol–water partition coefficient (Wildman–Crippen LogP) is 2.41. The van der Waals surface area contributed by atoms with Crippen molar-refractivity contribution in [1.82, 2.24) is 10.6 Å². The van der Waals surface area contributed by atoms with Crippen molar-refractivity contribution in [2.75, 3.05) is 0 Å². The van der Waals surface area contributed by atoms with Crippen LogP contribution < -0.4 is 10.6 Å². The summed E-state index contributed by atoms with van der Waals surface area (Å²) in [5.74, 6) is 0.226. The first-order valence-corrected chi connectivity index (χ1v) is 7.60. The smallest absolute Gasteiger partial charge is 0.262 e. The first-order valence-electron chi connectivity index (χ1n) is 6.72. The van der Waals surface area contributed by atoms with Crippen molar-refractivity contribution in [3.63, 3.8) is 0 Å². The molecule has 1 unspecified atom stereocenters. The molecule has 112 valence electrons. The van der Waals surface area contributed by atoms with Crippen molar-refractivity contribution >= 4 is 23.2 Å². The maximum Gasteiger partial charge on any atom is 0.262 e. The summed E-state index contributed by atoms with van der Waals surface area (Å²) in [4.78, 5) is 24.9. The Balaban J connectivity index is 1.94. The third-order valence-corrected chi connectivity index (χ3v) is 3.87. The van der Waals surface area contributed by atoms with E-state index in [9.17, 15) is 9.59 Å². The summed E-state index contributed by atoms with van der Waals surface area (Å²) in [6.07, 6.45) is 1.56. The Morgan fingerprint density at radius 1 is 1.29 bits per heavy atom. The maximum atomic E-state index is 12.2. The van der Waals surface area contributed by atoms with Gasteiger partial charge < -0.3 is 15.1 Å². The number of nitrogens with one attached hydrogen (secondary N) is 2. The lowest BCUT2D eigenvalue weighted by Crippen LogP contribution is -2.49. The third-order valence-electron chi connectivity index (χ3n) is 3.00. The Morgan fingerprint density at radius 2 is 2.10 bits per heavy atom. The van der Waals surface area contributed by atoms with Gasteiger partial charge in [-0.3, -0.25) is 9.59 Å². The first-order chi connectivity index (χ1) is 10.1. The molecule has 2 amide bonds. The molecular formula is C15H18N2O3S. The second kappa shape index (κ2) is 7.08. The summed E-state index contributed by atoms with van der Waals surface area (Å²) >= 11 is 1.35. The Hall–Kier alpha value is -2.08. The van der Waals surface area contributed by atoms with Gasteiger partial charge in [-0.25, -0.2) is 0 Å². The molecule has 1 atom stereocenters. The molecule has 5 nitrogen and oxygen atoms in total. The van der Waals surface area contributed by atoms with Crippen LogP contribution in [0, 0.1) is 5.92 Å². The van der Waals surface area contributed by atoms with Gasteiger partial charge in [0.15, 0.2) is 0 Å². The quantitative estimate of drug-likeness (QED) is 0.861. The largest absolute Gasteiger partial charge is 0.467 e. The molecule has 0 aliphatic heterocycles. The fraction of sp³-hybridized carbons (Fsp3) is 0.333. The van der Waals surface area contributed by atoms with Crippen LogP contribution in [0.2, 0.25) is 0 Å². The minimum atomic E-state index is -0.574. The molecule has 0 radical (unpaired) electrons. The molecule has 0 saturated carbocycles. The fourth-order valence-electron chi connectivity index (χ4n) is 1.85. The molecule has 0 aliphatic rings. The van der Waals surface area contributed by atoms with Crippen LogP contribution in [0.3, 0.4) is 0 Å². The van der Waals surface area contributed by atoms with E-state index in [1.54, 1.807) is 30.5 Å². The second-order valence-corrected chi connectivity index (χ2v) is 5.92. The molecule has 0 fully saturated rings. The summed E-state index contributed by atoms with van der Waals surface area (Å²) < 4.78 is 5.16. The average Bonchev–Trinajstić information content (AvgIpc) is 3.13. The monoisotopic (exact) mass is 306 g/mol. The Morgan fingerprint density at radius 3 is 2.67 bits per heavy atom. The zero-order valence-electron chi connectivity index (χ0n) is 12.0. The van der Waals surface area contributed by atoms with Gasteiger partial charge in [0.25, 0.3) is 5.91 Å². The van der Waals surface area contributed by atoms with E-state index >= 15 is 0 Å². The van der Waals surface area contributed by atoms with E-state index in [4.69, 9.17) is 4.42 Å². The van der Waals surface area contributed by atoms with Gasteiger partial charge in [-0.05, 0) is 29.5 Å². The Bertz CT molecular complexity index is 576. The first kappa shape index (κ1) is 15.3. The van der Waals surface area contributed by atoms with Crippen molar-refractivity contribution in [2.24, 2.45) is 5.92 Å². The van der Waals surface area contributed by atoms with Crippen LogP contribution in [-0.2, 0) is 11.3 Å². The number of furan rings is 1. The van der Waals surface area contributed by atoms with Crippen molar-refractivity contribution in [1.29, 1.82) is 0 Å². The van der Waals surface area contributed by atoms with Gasteiger partial charge in [0.05, 0.1) is 17.7 Å². The topological polar surface area (TPSA) is 71.3 Å². The molecule has 0 spiro atoms. The Labute approximate surface area is 127 Å². The van der Waals surface area contributed by atoms with Gasteiger partial charge in [-0.2, -0.15) is 0 Å². The number of hydrogen-bond donors (Lipinski definition) is 2. The van der Waals surface area contributed by atoms with E-state index in [-0.39, 0.29) is 17.7 Å². The molecular weight excluding hydrogens is 288 g/mol. The van der Waals surface area contributed by atoms with E-state index in [1.807, 2.05) is 19.2 Å². The van der Waals surface area contributed by atoms with Crippen molar-refractivity contribution < 1.29 is 14.0 Å². The minimum absolute atomic E-state index is 0.00878. The van der Waals surface area contributed by atoms with Crippen molar-refractivity contribution in [3.05, 3.63) is 46.5 Å². The van der Waals surface area contributed by atoms with Crippen LogP contribution in [-0.4, -0.2) is 17.9 Å².